The van der Waals surface area contributed by atoms with Crippen LogP contribution in [-0.4, -0.2) is 21.1 Å². The topological polar surface area (TPSA) is 9.23 Å². The van der Waals surface area contributed by atoms with Crippen LogP contribution < -0.4 is 10.2 Å². The van der Waals surface area contributed by atoms with Crippen molar-refractivity contribution in [1.82, 2.24) is 0 Å². The Bertz CT molecular complexity index is 563. The number of benzene rings is 2. The molecule has 0 aliphatic carbocycles. The van der Waals surface area contributed by atoms with Crippen LogP contribution in [-0.2, 0) is 0 Å². The third-order valence-electron chi connectivity index (χ3n) is 2.92. The molecule has 0 aromatic heterocycles. The zero-order chi connectivity index (χ0) is 13.7. The summed E-state index contributed by atoms with van der Waals surface area (Å²) < 4.78 is 17.2. The number of hydrogen-bond acceptors (Lipinski definition) is 1. The summed E-state index contributed by atoms with van der Waals surface area (Å²) in [4.78, 5) is 0. The van der Waals surface area contributed by atoms with Gasteiger partial charge in [0.1, 0.15) is 26.9 Å². The van der Waals surface area contributed by atoms with Crippen molar-refractivity contribution in [3.63, 3.8) is 0 Å². The summed E-state index contributed by atoms with van der Waals surface area (Å²) in [5.41, 5.74) is 4.33. The molecule has 0 fully saturated rings. The van der Waals surface area contributed by atoms with E-state index in [4.69, 9.17) is 4.74 Å². The third kappa shape index (κ3) is 3.47. The Hall–Kier alpha value is -2.03. The Morgan fingerprint density at radius 3 is 2.47 bits per heavy atom. The fourth-order valence-electron chi connectivity index (χ4n) is 1.91. The summed E-state index contributed by atoms with van der Waals surface area (Å²) in [5.74, 6) is 0.679. The molecule has 0 saturated carbocycles. The fraction of sp³-hybridized carbons (Fsp3) is 0.125. The van der Waals surface area contributed by atoms with Crippen molar-refractivity contribution >= 4 is 18.9 Å². The molecular weight excluding hydrogens is 238 g/mol. The molecule has 2 rings (SSSR count). The minimum atomic E-state index is -0.474. The molecule has 2 aromatic rings. The van der Waals surface area contributed by atoms with Gasteiger partial charge in [-0.15, -0.1) is 0 Å². The van der Waals surface area contributed by atoms with Crippen LogP contribution in [0, 0.1) is 0 Å². The quantitative estimate of drug-likeness (QED) is 0.744. The zero-order valence-electron chi connectivity index (χ0n) is 11.0. The number of hydrogen-bond donors (Lipinski definition) is 0. The van der Waals surface area contributed by atoms with Gasteiger partial charge in [0.05, 0.1) is 0 Å². The van der Waals surface area contributed by atoms with Gasteiger partial charge in [-0.05, 0) is 28.8 Å². The Morgan fingerprint density at radius 2 is 1.84 bits per heavy atom. The molecule has 0 saturated heterocycles. The van der Waals surface area contributed by atoms with E-state index < -0.39 is 6.67 Å². The van der Waals surface area contributed by atoms with Crippen molar-refractivity contribution in [3.8, 4) is 5.75 Å². The molecule has 0 amide bonds. The van der Waals surface area contributed by atoms with E-state index in [-0.39, 0.29) is 6.61 Å². The van der Waals surface area contributed by atoms with Crippen LogP contribution in [0.15, 0.2) is 55.1 Å². The lowest BCUT2D eigenvalue weighted by molar-refractivity contribution is 0.273. The van der Waals surface area contributed by atoms with E-state index in [1.807, 2.05) is 36.4 Å². The lowest BCUT2D eigenvalue weighted by atomic mass is 9.91. The maximum atomic E-state index is 12.0. The molecule has 0 spiro atoms. The van der Waals surface area contributed by atoms with Crippen LogP contribution in [0.3, 0.4) is 0 Å². The van der Waals surface area contributed by atoms with E-state index in [0.717, 1.165) is 16.7 Å². The molecule has 0 heterocycles. The van der Waals surface area contributed by atoms with Crippen LogP contribution in [0.5, 0.6) is 5.75 Å². The first kappa shape index (κ1) is 13.4. The standard InChI is InChI=1S/C16H16BFO/c1-12(14-3-2-4-15(17)11-14)13-5-7-16(8-6-13)19-10-9-18/h2-8,11H,1,9-10,17H2. The van der Waals surface area contributed by atoms with Crippen LogP contribution in [0.4, 0.5) is 4.39 Å². The first-order valence-electron chi connectivity index (χ1n) is 6.26. The predicted octanol–water partition coefficient (Wildman–Crippen LogP) is 2.35. The van der Waals surface area contributed by atoms with E-state index >= 15 is 0 Å². The van der Waals surface area contributed by atoms with E-state index in [2.05, 4.69) is 26.6 Å². The summed E-state index contributed by atoms with van der Waals surface area (Å²) in [6.07, 6.45) is 0. The molecule has 0 unspecified atom stereocenters. The first-order valence-corrected chi connectivity index (χ1v) is 6.26. The van der Waals surface area contributed by atoms with E-state index in [0.29, 0.717) is 5.75 Å². The van der Waals surface area contributed by atoms with Crippen LogP contribution in [0.1, 0.15) is 11.1 Å². The molecular formula is C16H16BFO. The highest BCUT2D eigenvalue weighted by molar-refractivity contribution is 6.32. The summed E-state index contributed by atoms with van der Waals surface area (Å²) in [5, 5.41) is 0. The molecule has 0 aliphatic rings. The van der Waals surface area contributed by atoms with Gasteiger partial charge in [0.25, 0.3) is 0 Å². The molecule has 2 aromatic carbocycles. The van der Waals surface area contributed by atoms with Crippen molar-refractivity contribution in [3.05, 3.63) is 66.2 Å². The van der Waals surface area contributed by atoms with Gasteiger partial charge in [-0.25, -0.2) is 4.39 Å². The monoisotopic (exact) mass is 254 g/mol. The van der Waals surface area contributed by atoms with Gasteiger partial charge in [-0.1, -0.05) is 48.4 Å². The lowest BCUT2D eigenvalue weighted by Crippen LogP contribution is -2.02. The Kier molecular flexibility index (Phi) is 4.40. The number of halogens is 1. The molecule has 19 heavy (non-hydrogen) atoms. The number of alkyl halides is 1. The highest BCUT2D eigenvalue weighted by atomic mass is 19.1. The van der Waals surface area contributed by atoms with Crippen LogP contribution >= 0.6 is 0 Å². The maximum Gasteiger partial charge on any atom is 0.139 e. The van der Waals surface area contributed by atoms with Gasteiger partial charge in [-0.3, -0.25) is 0 Å². The SMILES string of the molecule is Bc1cccc(C(=C)c2ccc(OCCF)cc2)c1. The average Bonchev–Trinajstić information content (AvgIpc) is 2.45. The van der Waals surface area contributed by atoms with Crippen molar-refractivity contribution in [2.45, 2.75) is 0 Å². The van der Waals surface area contributed by atoms with Gasteiger partial charge in [0.15, 0.2) is 0 Å². The van der Waals surface area contributed by atoms with Crippen LogP contribution in [0.2, 0.25) is 0 Å². The van der Waals surface area contributed by atoms with Gasteiger partial charge >= 0.3 is 0 Å². The Morgan fingerprint density at radius 1 is 1.11 bits per heavy atom. The second-order valence-electron chi connectivity index (χ2n) is 4.41. The molecule has 0 bridgehead atoms. The van der Waals surface area contributed by atoms with E-state index in [1.54, 1.807) is 0 Å². The molecule has 0 atom stereocenters. The molecule has 3 heteroatoms. The molecule has 0 N–H and O–H groups in total. The number of ether oxygens (including phenoxy) is 1. The highest BCUT2D eigenvalue weighted by Gasteiger charge is 2.03. The predicted molar refractivity (Wildman–Crippen MR) is 80.7 cm³/mol. The highest BCUT2D eigenvalue weighted by Crippen LogP contribution is 2.23. The largest absolute Gasteiger partial charge is 0.491 e. The minimum absolute atomic E-state index is 0.0954. The zero-order valence-corrected chi connectivity index (χ0v) is 11.0. The number of rotatable bonds is 5. The first-order chi connectivity index (χ1) is 9.20. The second-order valence-corrected chi connectivity index (χ2v) is 4.41. The molecule has 0 aliphatic heterocycles. The van der Waals surface area contributed by atoms with Gasteiger partial charge in [0.2, 0.25) is 0 Å². The second kappa shape index (κ2) is 6.23. The van der Waals surface area contributed by atoms with Gasteiger partial charge < -0.3 is 4.74 Å². The summed E-state index contributed by atoms with van der Waals surface area (Å²) in [7, 11) is 2.06. The van der Waals surface area contributed by atoms with E-state index in [1.165, 1.54) is 5.46 Å². The normalized spacial score (nSPS) is 10.2. The van der Waals surface area contributed by atoms with Crippen molar-refractivity contribution < 1.29 is 9.13 Å². The lowest BCUT2D eigenvalue weighted by Gasteiger charge is -2.09. The Labute approximate surface area is 114 Å². The van der Waals surface area contributed by atoms with E-state index in [9.17, 15) is 4.39 Å². The van der Waals surface area contributed by atoms with Gasteiger partial charge in [-0.2, -0.15) is 0 Å². The van der Waals surface area contributed by atoms with Gasteiger partial charge in [0, 0.05) is 0 Å². The third-order valence-corrected chi connectivity index (χ3v) is 2.92. The minimum Gasteiger partial charge on any atom is -0.491 e. The molecule has 0 radical (unpaired) electrons. The Balaban J connectivity index is 2.15. The average molecular weight is 254 g/mol. The molecule has 1 nitrogen and oxygen atoms in total. The smallest absolute Gasteiger partial charge is 0.139 e. The summed E-state index contributed by atoms with van der Waals surface area (Å²) in [6.45, 7) is 3.75. The van der Waals surface area contributed by atoms with Crippen molar-refractivity contribution in [1.29, 1.82) is 0 Å². The molecule has 96 valence electrons. The van der Waals surface area contributed by atoms with Crippen LogP contribution in [0.25, 0.3) is 5.57 Å². The van der Waals surface area contributed by atoms with Crippen molar-refractivity contribution in [2.24, 2.45) is 0 Å². The summed E-state index contributed by atoms with van der Waals surface area (Å²) in [6, 6.07) is 15.8. The van der Waals surface area contributed by atoms with Crippen molar-refractivity contribution in [2.75, 3.05) is 13.3 Å². The maximum absolute atomic E-state index is 12.0. The fourth-order valence-corrected chi connectivity index (χ4v) is 1.91. The summed E-state index contributed by atoms with van der Waals surface area (Å²) >= 11 is 0.